The van der Waals surface area contributed by atoms with Crippen molar-refractivity contribution in [3.8, 4) is 0 Å². The topological polar surface area (TPSA) is 41.6 Å². The van der Waals surface area contributed by atoms with Gasteiger partial charge in [-0.2, -0.15) is 0 Å². The molecule has 6 heteroatoms. The fourth-order valence-corrected chi connectivity index (χ4v) is 2.51. The van der Waals surface area contributed by atoms with Crippen LogP contribution in [0.2, 0.25) is 0 Å². The summed E-state index contributed by atoms with van der Waals surface area (Å²) in [5, 5.41) is 2.30. The van der Waals surface area contributed by atoms with Crippen LogP contribution in [0.1, 0.15) is 11.7 Å². The molecular formula is C17H16F2N2O2. The molecule has 1 fully saturated rings. The predicted octanol–water partition coefficient (Wildman–Crippen LogP) is 3.57. The summed E-state index contributed by atoms with van der Waals surface area (Å²) in [5.74, 6) is -1.60. The number of carbonyl (C=O) groups is 1. The van der Waals surface area contributed by atoms with E-state index in [4.69, 9.17) is 4.74 Å². The number of ether oxygens (including phenoxy) is 1. The molecule has 0 saturated carbocycles. The van der Waals surface area contributed by atoms with Crippen LogP contribution >= 0.6 is 0 Å². The van der Waals surface area contributed by atoms with E-state index in [2.05, 4.69) is 5.32 Å². The molecule has 1 saturated heterocycles. The number of para-hydroxylation sites is 1. The van der Waals surface area contributed by atoms with Crippen molar-refractivity contribution in [2.24, 2.45) is 0 Å². The first-order chi connectivity index (χ1) is 11.1. The highest BCUT2D eigenvalue weighted by molar-refractivity contribution is 5.89. The number of carbonyl (C=O) groups excluding carboxylic acids is 1. The summed E-state index contributed by atoms with van der Waals surface area (Å²) in [6.45, 7) is 1.06. The monoisotopic (exact) mass is 318 g/mol. The lowest BCUT2D eigenvalue weighted by Gasteiger charge is -2.33. The molecule has 0 aromatic heterocycles. The number of nitrogens with one attached hydrogen (secondary N) is 1. The third kappa shape index (κ3) is 3.48. The largest absolute Gasteiger partial charge is 0.370 e. The van der Waals surface area contributed by atoms with Crippen LogP contribution in [0.25, 0.3) is 0 Å². The van der Waals surface area contributed by atoms with E-state index in [-0.39, 0.29) is 6.10 Å². The highest BCUT2D eigenvalue weighted by Crippen LogP contribution is 2.23. The number of nitrogens with zero attached hydrogens (tertiary/aromatic N) is 1. The van der Waals surface area contributed by atoms with Crippen molar-refractivity contribution in [2.75, 3.05) is 25.0 Å². The van der Waals surface area contributed by atoms with Crippen LogP contribution in [-0.4, -0.2) is 30.6 Å². The standard InChI is InChI=1S/C17H16F2N2O2/c18-13-7-4-8-14(19)16(13)20-17(22)21-9-10-23-15(11-21)12-5-2-1-3-6-12/h1-8,15H,9-11H2,(H,20,22)/t15-/m0/s1. The zero-order chi connectivity index (χ0) is 16.2. The van der Waals surface area contributed by atoms with E-state index in [1.807, 2.05) is 30.3 Å². The highest BCUT2D eigenvalue weighted by Gasteiger charge is 2.26. The molecule has 1 N–H and O–H groups in total. The summed E-state index contributed by atoms with van der Waals surface area (Å²) < 4.78 is 32.9. The van der Waals surface area contributed by atoms with Crippen molar-refractivity contribution in [1.29, 1.82) is 0 Å². The van der Waals surface area contributed by atoms with Gasteiger partial charge in [-0.3, -0.25) is 0 Å². The quantitative estimate of drug-likeness (QED) is 0.920. The minimum Gasteiger partial charge on any atom is -0.370 e. The first-order valence-electron chi connectivity index (χ1n) is 7.31. The molecule has 0 radical (unpaired) electrons. The van der Waals surface area contributed by atoms with Crippen LogP contribution in [-0.2, 0) is 4.74 Å². The minimum absolute atomic E-state index is 0.249. The SMILES string of the molecule is O=C(Nc1c(F)cccc1F)N1CCO[C@H](c2ccccc2)C1. The van der Waals surface area contributed by atoms with E-state index in [0.717, 1.165) is 17.7 Å². The maximum atomic E-state index is 13.6. The van der Waals surface area contributed by atoms with Crippen LogP contribution in [0.15, 0.2) is 48.5 Å². The van der Waals surface area contributed by atoms with Crippen LogP contribution in [0.5, 0.6) is 0 Å². The first-order valence-corrected chi connectivity index (χ1v) is 7.31. The summed E-state index contributed by atoms with van der Waals surface area (Å²) in [6.07, 6.45) is -0.249. The van der Waals surface area contributed by atoms with E-state index < -0.39 is 23.4 Å². The zero-order valence-corrected chi connectivity index (χ0v) is 12.3. The van der Waals surface area contributed by atoms with Crippen LogP contribution in [0.4, 0.5) is 19.3 Å². The van der Waals surface area contributed by atoms with Gasteiger partial charge in [0.1, 0.15) is 23.4 Å². The molecule has 0 unspecified atom stereocenters. The normalized spacial score (nSPS) is 17.8. The number of hydrogen-bond acceptors (Lipinski definition) is 2. The molecule has 3 rings (SSSR count). The molecular weight excluding hydrogens is 302 g/mol. The number of halogens is 2. The van der Waals surface area contributed by atoms with Crippen LogP contribution < -0.4 is 5.32 Å². The van der Waals surface area contributed by atoms with Crippen molar-refractivity contribution in [3.05, 3.63) is 65.7 Å². The van der Waals surface area contributed by atoms with Crippen LogP contribution in [0.3, 0.4) is 0 Å². The zero-order valence-electron chi connectivity index (χ0n) is 12.3. The smallest absolute Gasteiger partial charge is 0.322 e. The minimum atomic E-state index is -0.800. The molecule has 0 bridgehead atoms. The maximum absolute atomic E-state index is 13.6. The molecule has 0 spiro atoms. The van der Waals surface area contributed by atoms with E-state index in [0.29, 0.717) is 19.7 Å². The number of anilines is 1. The molecule has 0 aliphatic carbocycles. The number of rotatable bonds is 2. The Labute approximate surface area is 132 Å². The maximum Gasteiger partial charge on any atom is 0.322 e. The molecule has 2 aromatic carbocycles. The van der Waals surface area contributed by atoms with Crippen molar-refractivity contribution in [3.63, 3.8) is 0 Å². The molecule has 2 amide bonds. The van der Waals surface area contributed by atoms with Gasteiger partial charge in [0.2, 0.25) is 0 Å². The third-order valence-corrected chi connectivity index (χ3v) is 3.72. The molecule has 23 heavy (non-hydrogen) atoms. The average molecular weight is 318 g/mol. The average Bonchev–Trinajstić information content (AvgIpc) is 2.59. The van der Waals surface area contributed by atoms with Gasteiger partial charge in [0.15, 0.2) is 0 Å². The number of hydrogen-bond donors (Lipinski definition) is 1. The second-order valence-corrected chi connectivity index (χ2v) is 5.24. The second kappa shape index (κ2) is 6.75. The number of amides is 2. The lowest BCUT2D eigenvalue weighted by atomic mass is 10.1. The number of urea groups is 1. The van der Waals surface area contributed by atoms with E-state index >= 15 is 0 Å². The molecule has 4 nitrogen and oxygen atoms in total. The Morgan fingerprint density at radius 2 is 1.78 bits per heavy atom. The molecule has 1 aliphatic rings. The van der Waals surface area contributed by atoms with Gasteiger partial charge in [-0.25, -0.2) is 13.6 Å². The summed E-state index contributed by atoms with van der Waals surface area (Å²) in [5.41, 5.74) is 0.530. The highest BCUT2D eigenvalue weighted by atomic mass is 19.1. The number of morpholine rings is 1. The Morgan fingerprint density at radius 3 is 2.48 bits per heavy atom. The van der Waals surface area contributed by atoms with Crippen molar-refractivity contribution in [2.45, 2.75) is 6.10 Å². The first kappa shape index (κ1) is 15.4. The van der Waals surface area contributed by atoms with Gasteiger partial charge in [0.05, 0.1) is 13.2 Å². The second-order valence-electron chi connectivity index (χ2n) is 5.24. The summed E-state index contributed by atoms with van der Waals surface area (Å²) in [7, 11) is 0. The Kier molecular flexibility index (Phi) is 4.52. The van der Waals surface area contributed by atoms with Gasteiger partial charge in [-0.15, -0.1) is 0 Å². The van der Waals surface area contributed by atoms with Gasteiger partial charge in [-0.05, 0) is 17.7 Å². The lowest BCUT2D eigenvalue weighted by molar-refractivity contribution is -0.0135. The molecule has 120 valence electrons. The fourth-order valence-electron chi connectivity index (χ4n) is 2.51. The molecule has 1 atom stereocenters. The molecule has 2 aromatic rings. The fraction of sp³-hybridized carbons (Fsp3) is 0.235. The predicted molar refractivity (Wildman–Crippen MR) is 82.1 cm³/mol. The van der Waals surface area contributed by atoms with Crippen molar-refractivity contribution < 1.29 is 18.3 Å². The van der Waals surface area contributed by atoms with Gasteiger partial charge in [0.25, 0.3) is 0 Å². The Bertz CT molecular complexity index is 674. The Balaban J connectivity index is 1.70. The van der Waals surface area contributed by atoms with E-state index in [1.165, 1.54) is 11.0 Å². The lowest BCUT2D eigenvalue weighted by Crippen LogP contribution is -2.44. The van der Waals surface area contributed by atoms with Gasteiger partial charge in [-0.1, -0.05) is 36.4 Å². The van der Waals surface area contributed by atoms with Crippen molar-refractivity contribution >= 4 is 11.7 Å². The van der Waals surface area contributed by atoms with Gasteiger partial charge in [0, 0.05) is 6.54 Å². The Hall–Kier alpha value is -2.47. The van der Waals surface area contributed by atoms with Crippen molar-refractivity contribution in [1.82, 2.24) is 4.90 Å². The summed E-state index contributed by atoms with van der Waals surface area (Å²) in [6, 6.07) is 12.4. The third-order valence-electron chi connectivity index (χ3n) is 3.72. The van der Waals surface area contributed by atoms with Crippen LogP contribution in [0, 0.1) is 11.6 Å². The summed E-state index contributed by atoms with van der Waals surface area (Å²) >= 11 is 0. The summed E-state index contributed by atoms with van der Waals surface area (Å²) in [4.78, 5) is 13.8. The number of benzene rings is 2. The van der Waals surface area contributed by atoms with E-state index in [9.17, 15) is 13.6 Å². The van der Waals surface area contributed by atoms with Gasteiger partial charge < -0.3 is 15.0 Å². The van der Waals surface area contributed by atoms with E-state index in [1.54, 1.807) is 0 Å². The Morgan fingerprint density at radius 1 is 1.09 bits per heavy atom. The molecule has 1 aliphatic heterocycles. The molecule has 1 heterocycles. The van der Waals surface area contributed by atoms with Gasteiger partial charge >= 0.3 is 6.03 Å².